The Morgan fingerprint density at radius 3 is 2.89 bits per heavy atom. The van der Waals surface area contributed by atoms with Crippen molar-refractivity contribution in [3.63, 3.8) is 0 Å². The van der Waals surface area contributed by atoms with Gasteiger partial charge in [-0.3, -0.25) is 4.79 Å². The standard InChI is InChI=1S/C12H15BrN2O4/c1-11(10(14)17)5-19-8-6(11)3-7(15-9(8)13)12(2,18)4-16/h3,16,18H,4-5H2,1-2H3,(H2,14,17)/t11-,12?/m0/s1. The van der Waals surface area contributed by atoms with Crippen LogP contribution in [0.1, 0.15) is 25.1 Å². The molecule has 2 rings (SSSR count). The number of nitrogens with two attached hydrogens (primary N) is 1. The lowest BCUT2D eigenvalue weighted by Crippen LogP contribution is -2.40. The van der Waals surface area contributed by atoms with Gasteiger partial charge in [0.05, 0.1) is 12.3 Å². The molecule has 0 aliphatic carbocycles. The van der Waals surface area contributed by atoms with Gasteiger partial charge in [0.25, 0.3) is 0 Å². The van der Waals surface area contributed by atoms with Gasteiger partial charge < -0.3 is 20.7 Å². The Bertz CT molecular complexity index is 547. The van der Waals surface area contributed by atoms with Crippen molar-refractivity contribution < 1.29 is 19.7 Å². The third-order valence-electron chi connectivity index (χ3n) is 3.43. The van der Waals surface area contributed by atoms with Crippen LogP contribution in [-0.4, -0.2) is 34.3 Å². The summed E-state index contributed by atoms with van der Waals surface area (Å²) < 4.78 is 5.83. The number of rotatable bonds is 3. The van der Waals surface area contributed by atoms with E-state index < -0.39 is 23.5 Å². The summed E-state index contributed by atoms with van der Waals surface area (Å²) >= 11 is 3.24. The molecule has 1 unspecified atom stereocenters. The minimum absolute atomic E-state index is 0.128. The predicted octanol–water partition coefficient (Wildman–Crippen LogP) is 0.179. The topological polar surface area (TPSA) is 106 Å². The second-order valence-corrected chi connectivity index (χ2v) is 5.84. The Balaban J connectivity index is 2.63. The van der Waals surface area contributed by atoms with Gasteiger partial charge in [0.2, 0.25) is 5.91 Å². The highest BCUT2D eigenvalue weighted by molar-refractivity contribution is 9.10. The number of carbonyl (C=O) groups excluding carboxylic acids is 1. The van der Waals surface area contributed by atoms with Crippen LogP contribution in [-0.2, 0) is 15.8 Å². The molecule has 4 N–H and O–H groups in total. The zero-order chi connectivity index (χ0) is 14.4. The van der Waals surface area contributed by atoms with Crippen molar-refractivity contribution >= 4 is 21.8 Å². The summed E-state index contributed by atoms with van der Waals surface area (Å²) in [5, 5.41) is 19.3. The molecule has 0 aromatic carbocycles. The summed E-state index contributed by atoms with van der Waals surface area (Å²) in [6.07, 6.45) is 0. The fourth-order valence-corrected chi connectivity index (χ4v) is 2.42. The number of aliphatic hydroxyl groups is 2. The normalized spacial score (nSPS) is 24.5. The average Bonchev–Trinajstić information content (AvgIpc) is 2.69. The largest absolute Gasteiger partial charge is 0.489 e. The van der Waals surface area contributed by atoms with E-state index in [1.165, 1.54) is 6.92 Å². The number of hydrogen-bond acceptors (Lipinski definition) is 5. The van der Waals surface area contributed by atoms with E-state index in [1.54, 1.807) is 13.0 Å². The van der Waals surface area contributed by atoms with Gasteiger partial charge in [0.1, 0.15) is 22.2 Å². The van der Waals surface area contributed by atoms with Gasteiger partial charge in [-0.2, -0.15) is 0 Å². The number of carbonyl (C=O) groups is 1. The van der Waals surface area contributed by atoms with Crippen molar-refractivity contribution in [3.05, 3.63) is 21.9 Å². The number of amides is 1. The first kappa shape index (κ1) is 14.2. The first-order valence-corrected chi connectivity index (χ1v) is 6.49. The molecule has 6 nitrogen and oxygen atoms in total. The quantitative estimate of drug-likeness (QED) is 0.685. The number of primary amides is 1. The van der Waals surface area contributed by atoms with Gasteiger partial charge >= 0.3 is 0 Å². The van der Waals surface area contributed by atoms with E-state index in [4.69, 9.17) is 10.5 Å². The SMILES string of the molecule is CC(O)(CO)c1cc2c(c(Br)n1)OC[C@]2(C)C(N)=O. The van der Waals surface area contributed by atoms with Crippen molar-refractivity contribution in [2.24, 2.45) is 5.73 Å². The van der Waals surface area contributed by atoms with Crippen LogP contribution in [0.3, 0.4) is 0 Å². The highest BCUT2D eigenvalue weighted by Gasteiger charge is 2.44. The molecule has 0 spiro atoms. The molecule has 1 aliphatic heterocycles. The third kappa shape index (κ3) is 2.11. The molecule has 7 heteroatoms. The molecular formula is C12H15BrN2O4. The molecule has 0 fully saturated rings. The summed E-state index contributed by atoms with van der Waals surface area (Å²) in [6, 6.07) is 1.55. The summed E-state index contributed by atoms with van der Waals surface area (Å²) in [7, 11) is 0. The van der Waals surface area contributed by atoms with Gasteiger partial charge in [0.15, 0.2) is 5.75 Å². The molecule has 1 amide bonds. The van der Waals surface area contributed by atoms with Crippen molar-refractivity contribution in [1.82, 2.24) is 4.98 Å². The molecule has 0 saturated heterocycles. The van der Waals surface area contributed by atoms with Crippen molar-refractivity contribution in [2.45, 2.75) is 24.9 Å². The van der Waals surface area contributed by atoms with Crippen LogP contribution >= 0.6 is 15.9 Å². The van der Waals surface area contributed by atoms with E-state index in [2.05, 4.69) is 20.9 Å². The summed E-state index contributed by atoms with van der Waals surface area (Å²) in [4.78, 5) is 15.8. The Hall–Kier alpha value is -1.18. The van der Waals surface area contributed by atoms with Crippen LogP contribution in [0.15, 0.2) is 10.7 Å². The van der Waals surface area contributed by atoms with Gasteiger partial charge in [-0.05, 0) is 35.8 Å². The Morgan fingerprint density at radius 2 is 2.37 bits per heavy atom. The first-order valence-electron chi connectivity index (χ1n) is 5.70. The van der Waals surface area contributed by atoms with Crippen LogP contribution < -0.4 is 10.5 Å². The molecule has 19 heavy (non-hydrogen) atoms. The van der Waals surface area contributed by atoms with Gasteiger partial charge in [-0.1, -0.05) is 0 Å². The van der Waals surface area contributed by atoms with E-state index in [9.17, 15) is 15.0 Å². The molecule has 1 aliphatic rings. The minimum atomic E-state index is -1.50. The summed E-state index contributed by atoms with van der Waals surface area (Å²) in [5.74, 6) is -0.0715. The smallest absolute Gasteiger partial charge is 0.231 e. The molecule has 1 aromatic heterocycles. The molecule has 2 heterocycles. The van der Waals surface area contributed by atoms with E-state index in [1.807, 2.05) is 0 Å². The molecule has 0 bridgehead atoms. The highest BCUT2D eigenvalue weighted by Crippen LogP contribution is 2.43. The predicted molar refractivity (Wildman–Crippen MR) is 70.6 cm³/mol. The maximum Gasteiger partial charge on any atom is 0.231 e. The van der Waals surface area contributed by atoms with Crippen LogP contribution in [0, 0.1) is 0 Å². The molecule has 2 atom stereocenters. The summed E-state index contributed by atoms with van der Waals surface area (Å²) in [6.45, 7) is 2.75. The van der Waals surface area contributed by atoms with Crippen molar-refractivity contribution in [2.75, 3.05) is 13.2 Å². The second-order valence-electron chi connectivity index (χ2n) is 5.09. The summed E-state index contributed by atoms with van der Waals surface area (Å²) in [5.41, 5.74) is 3.76. The van der Waals surface area contributed by atoms with Crippen LogP contribution in [0.5, 0.6) is 5.75 Å². The molecule has 104 valence electrons. The third-order valence-corrected chi connectivity index (χ3v) is 3.97. The number of aliphatic hydroxyl groups excluding tert-OH is 1. The maximum absolute atomic E-state index is 11.6. The Kier molecular flexibility index (Phi) is 3.32. The van der Waals surface area contributed by atoms with Gasteiger partial charge in [-0.25, -0.2) is 4.98 Å². The maximum atomic E-state index is 11.6. The fourth-order valence-electron chi connectivity index (χ4n) is 1.90. The average molecular weight is 331 g/mol. The van der Waals surface area contributed by atoms with Crippen LogP contribution in [0.25, 0.3) is 0 Å². The molecular weight excluding hydrogens is 316 g/mol. The number of nitrogens with zero attached hydrogens (tertiary/aromatic N) is 1. The lowest BCUT2D eigenvalue weighted by Gasteiger charge is -2.23. The minimum Gasteiger partial charge on any atom is -0.489 e. The molecule has 1 aromatic rings. The first-order chi connectivity index (χ1) is 8.72. The van der Waals surface area contributed by atoms with Crippen LogP contribution in [0.4, 0.5) is 0 Å². The lowest BCUT2D eigenvalue weighted by atomic mass is 9.83. The fraction of sp³-hybridized carbons (Fsp3) is 0.500. The Labute approximate surface area is 118 Å². The van der Waals surface area contributed by atoms with Gasteiger partial charge in [-0.15, -0.1) is 0 Å². The highest BCUT2D eigenvalue weighted by atomic mass is 79.9. The monoisotopic (exact) mass is 330 g/mol. The van der Waals surface area contributed by atoms with Crippen molar-refractivity contribution in [1.29, 1.82) is 0 Å². The zero-order valence-corrected chi connectivity index (χ0v) is 12.2. The van der Waals surface area contributed by atoms with Crippen LogP contribution in [0.2, 0.25) is 0 Å². The van der Waals surface area contributed by atoms with Gasteiger partial charge in [0, 0.05) is 5.56 Å². The number of aromatic nitrogens is 1. The number of fused-ring (bicyclic) bond motifs is 1. The zero-order valence-electron chi connectivity index (χ0n) is 10.6. The van der Waals surface area contributed by atoms with E-state index >= 15 is 0 Å². The van der Waals surface area contributed by atoms with E-state index in [-0.39, 0.29) is 12.3 Å². The molecule has 0 radical (unpaired) electrons. The molecule has 0 saturated carbocycles. The van der Waals surface area contributed by atoms with Crippen molar-refractivity contribution in [3.8, 4) is 5.75 Å². The van der Waals surface area contributed by atoms with E-state index in [0.717, 1.165) is 0 Å². The number of ether oxygens (including phenoxy) is 1. The van der Waals surface area contributed by atoms with E-state index in [0.29, 0.717) is 15.9 Å². The number of hydrogen-bond donors (Lipinski definition) is 3. The number of halogens is 1. The number of pyridine rings is 1. The Morgan fingerprint density at radius 1 is 1.74 bits per heavy atom. The second kappa shape index (κ2) is 4.43. The lowest BCUT2D eigenvalue weighted by molar-refractivity contribution is -0.123.